The first-order valence-electron chi connectivity index (χ1n) is 4.00. The van der Waals surface area contributed by atoms with Crippen molar-refractivity contribution in [2.45, 2.75) is 12.2 Å². The van der Waals surface area contributed by atoms with Gasteiger partial charge < -0.3 is 9.47 Å². The van der Waals surface area contributed by atoms with Crippen LogP contribution >= 0.6 is 16.3 Å². The Balaban J connectivity index is 2.74. The van der Waals surface area contributed by atoms with Gasteiger partial charge in [0, 0.05) is 13.5 Å². The molecular formula is C9H11BrO4. The van der Waals surface area contributed by atoms with Crippen molar-refractivity contribution in [3.63, 3.8) is 0 Å². The molecule has 1 atom stereocenters. The molecule has 1 rings (SSSR count). The predicted molar refractivity (Wildman–Crippen MR) is 53.6 cm³/mol. The van der Waals surface area contributed by atoms with Gasteiger partial charge in [-0.1, -0.05) is 6.08 Å². The summed E-state index contributed by atoms with van der Waals surface area (Å²) in [6, 6.07) is 0. The van der Waals surface area contributed by atoms with E-state index in [-0.39, 0.29) is 5.97 Å². The number of halogens is 1. The van der Waals surface area contributed by atoms with Gasteiger partial charge >= 0.3 is 5.97 Å². The fourth-order valence-corrected chi connectivity index (χ4v) is 1.49. The van der Waals surface area contributed by atoms with Crippen LogP contribution in [-0.2, 0) is 18.1 Å². The summed E-state index contributed by atoms with van der Waals surface area (Å²) < 4.78 is 14.7. The first-order chi connectivity index (χ1) is 6.67. The van der Waals surface area contributed by atoms with Crippen LogP contribution in [0.1, 0.15) is 6.42 Å². The third-order valence-corrected chi connectivity index (χ3v) is 2.57. The summed E-state index contributed by atoms with van der Waals surface area (Å²) in [5.41, 5.74) is 0.504. The minimum absolute atomic E-state index is 0.361. The molecule has 0 saturated carbocycles. The first-order valence-corrected chi connectivity index (χ1v) is 4.65. The second-order valence-electron chi connectivity index (χ2n) is 2.78. The van der Waals surface area contributed by atoms with Crippen molar-refractivity contribution in [1.82, 2.24) is 0 Å². The minimum atomic E-state index is -0.822. The Kier molecular flexibility index (Phi) is 3.86. The minimum Gasteiger partial charge on any atom is -0.465 e. The van der Waals surface area contributed by atoms with Crippen molar-refractivity contribution < 1.29 is 18.1 Å². The average molecular weight is 263 g/mol. The fourth-order valence-electron chi connectivity index (χ4n) is 1.11. The number of ether oxygens (including phenoxy) is 2. The van der Waals surface area contributed by atoms with E-state index in [9.17, 15) is 4.79 Å². The van der Waals surface area contributed by atoms with E-state index in [1.54, 1.807) is 18.2 Å². The molecule has 0 N–H and O–H groups in total. The highest BCUT2D eigenvalue weighted by atomic mass is 79.9. The first kappa shape index (κ1) is 11.4. The Bertz CT molecular complexity index is 279. The van der Waals surface area contributed by atoms with Crippen LogP contribution in [0.4, 0.5) is 0 Å². The molecule has 0 bridgehead atoms. The monoisotopic (exact) mass is 262 g/mol. The second kappa shape index (κ2) is 4.72. The molecule has 0 radical (unpaired) electrons. The Morgan fingerprint density at radius 2 is 2.29 bits per heavy atom. The lowest BCUT2D eigenvalue weighted by Crippen LogP contribution is -2.30. The average Bonchev–Trinajstić information content (AvgIpc) is 2.28. The molecule has 1 unspecified atom stereocenters. The number of hydrogen-bond donors (Lipinski definition) is 0. The molecule has 0 aromatic rings. The van der Waals surface area contributed by atoms with E-state index in [1.807, 2.05) is 0 Å². The molecule has 4 nitrogen and oxygen atoms in total. The topological polar surface area (TPSA) is 44.8 Å². The van der Waals surface area contributed by atoms with Crippen molar-refractivity contribution in [1.29, 1.82) is 0 Å². The van der Waals surface area contributed by atoms with E-state index in [0.717, 1.165) is 0 Å². The Morgan fingerprint density at radius 1 is 1.57 bits per heavy atom. The van der Waals surface area contributed by atoms with Crippen molar-refractivity contribution in [2.24, 2.45) is 0 Å². The Morgan fingerprint density at radius 3 is 2.64 bits per heavy atom. The fraction of sp³-hybridized carbons (Fsp3) is 0.444. The summed E-state index contributed by atoms with van der Waals surface area (Å²) in [7, 11) is 2.87. The van der Waals surface area contributed by atoms with Crippen LogP contribution in [0.2, 0.25) is 0 Å². The highest BCUT2D eigenvalue weighted by Gasteiger charge is 2.29. The molecule has 0 heterocycles. The number of esters is 1. The lowest BCUT2D eigenvalue weighted by atomic mass is 10.0. The van der Waals surface area contributed by atoms with Crippen LogP contribution in [-0.4, -0.2) is 26.0 Å². The molecule has 0 amide bonds. The summed E-state index contributed by atoms with van der Waals surface area (Å²) in [5.74, 6) is -1.18. The number of carbonyl (C=O) groups is 1. The van der Waals surface area contributed by atoms with Gasteiger partial charge in [0.1, 0.15) is 16.3 Å². The van der Waals surface area contributed by atoms with Gasteiger partial charge in [0.15, 0.2) is 0 Å². The maximum atomic E-state index is 11.1. The molecule has 0 aliphatic heterocycles. The molecule has 0 aromatic heterocycles. The van der Waals surface area contributed by atoms with E-state index >= 15 is 0 Å². The predicted octanol–water partition coefficient (Wildman–Crippen LogP) is 1.71. The molecule has 78 valence electrons. The van der Waals surface area contributed by atoms with Gasteiger partial charge in [0.25, 0.3) is 0 Å². The number of carbonyl (C=O) groups excluding carboxylic acids is 1. The normalized spacial score (nSPS) is 25.8. The maximum absolute atomic E-state index is 11.1. The zero-order valence-corrected chi connectivity index (χ0v) is 9.54. The van der Waals surface area contributed by atoms with Crippen molar-refractivity contribution in [2.75, 3.05) is 14.2 Å². The third-order valence-electron chi connectivity index (χ3n) is 2.02. The standard InChI is InChI=1S/C9H11BrO4/c1-12-8(11)7-3-5-9(13-2,14-10)6-4-7/h3-5H,6H2,1-2H3. The molecule has 1 aliphatic rings. The smallest absolute Gasteiger partial charge is 0.337 e. The van der Waals surface area contributed by atoms with Crippen LogP contribution < -0.4 is 0 Å². The summed E-state index contributed by atoms with van der Waals surface area (Å²) in [5, 5.41) is 0. The summed E-state index contributed by atoms with van der Waals surface area (Å²) in [4.78, 5) is 11.1. The molecule has 0 saturated heterocycles. The third kappa shape index (κ3) is 2.23. The second-order valence-corrected chi connectivity index (χ2v) is 3.11. The van der Waals surface area contributed by atoms with Crippen LogP contribution in [0, 0.1) is 0 Å². The maximum Gasteiger partial charge on any atom is 0.337 e. The van der Waals surface area contributed by atoms with Crippen molar-refractivity contribution in [3.05, 3.63) is 23.8 Å². The lowest BCUT2D eigenvalue weighted by Gasteiger charge is -2.26. The zero-order valence-electron chi connectivity index (χ0n) is 7.95. The van der Waals surface area contributed by atoms with Gasteiger partial charge in [0.05, 0.1) is 12.7 Å². The Hall–Kier alpha value is -0.650. The van der Waals surface area contributed by atoms with E-state index in [2.05, 4.69) is 21.0 Å². The number of rotatable bonds is 3. The summed E-state index contributed by atoms with van der Waals surface area (Å²) >= 11 is 2.88. The van der Waals surface area contributed by atoms with E-state index in [1.165, 1.54) is 14.2 Å². The van der Waals surface area contributed by atoms with Gasteiger partial charge in [-0.15, -0.1) is 0 Å². The van der Waals surface area contributed by atoms with Crippen LogP contribution in [0.3, 0.4) is 0 Å². The largest absolute Gasteiger partial charge is 0.465 e. The number of methoxy groups -OCH3 is 2. The molecule has 0 aromatic carbocycles. The highest BCUT2D eigenvalue weighted by Crippen LogP contribution is 2.27. The van der Waals surface area contributed by atoms with E-state index in [0.29, 0.717) is 12.0 Å². The lowest BCUT2D eigenvalue weighted by molar-refractivity contribution is -0.136. The van der Waals surface area contributed by atoms with E-state index < -0.39 is 5.79 Å². The molecule has 14 heavy (non-hydrogen) atoms. The van der Waals surface area contributed by atoms with Gasteiger partial charge in [-0.05, 0) is 12.2 Å². The quantitative estimate of drug-likeness (QED) is 0.574. The molecule has 1 aliphatic carbocycles. The molecule has 0 fully saturated rings. The highest BCUT2D eigenvalue weighted by molar-refractivity contribution is 9.06. The SMILES string of the molecule is COC(=O)C1=CCC(OC)(OBr)C=C1. The number of hydrogen-bond acceptors (Lipinski definition) is 4. The summed E-state index contributed by atoms with van der Waals surface area (Å²) in [6.45, 7) is 0. The molecule has 5 heteroatoms. The van der Waals surface area contributed by atoms with Crippen molar-refractivity contribution in [3.8, 4) is 0 Å². The van der Waals surface area contributed by atoms with E-state index in [4.69, 9.17) is 8.57 Å². The molecular weight excluding hydrogens is 252 g/mol. The Labute approximate surface area is 91.0 Å². The van der Waals surface area contributed by atoms with Crippen LogP contribution in [0.25, 0.3) is 0 Å². The summed E-state index contributed by atoms with van der Waals surface area (Å²) in [6.07, 6.45) is 5.43. The van der Waals surface area contributed by atoms with Gasteiger partial charge in [-0.25, -0.2) is 4.79 Å². The molecule has 0 spiro atoms. The zero-order chi connectivity index (χ0) is 10.6. The van der Waals surface area contributed by atoms with Gasteiger partial charge in [-0.2, -0.15) is 0 Å². The van der Waals surface area contributed by atoms with Gasteiger partial charge in [0.2, 0.25) is 5.79 Å². The van der Waals surface area contributed by atoms with Crippen LogP contribution in [0.5, 0.6) is 0 Å². The van der Waals surface area contributed by atoms with Gasteiger partial charge in [-0.3, -0.25) is 3.83 Å². The van der Waals surface area contributed by atoms with Crippen LogP contribution in [0.15, 0.2) is 23.8 Å². The van der Waals surface area contributed by atoms with Crippen molar-refractivity contribution >= 4 is 22.2 Å².